The lowest BCUT2D eigenvalue weighted by Gasteiger charge is -2.17. The quantitative estimate of drug-likeness (QED) is 0.753. The molecule has 0 radical (unpaired) electrons. The third kappa shape index (κ3) is 4.07. The summed E-state index contributed by atoms with van der Waals surface area (Å²) in [6, 6.07) is 17.7. The molecule has 5 heteroatoms. The van der Waals surface area contributed by atoms with Gasteiger partial charge in [0.15, 0.2) is 5.76 Å². The van der Waals surface area contributed by atoms with E-state index in [0.29, 0.717) is 12.3 Å². The number of halogens is 1. The van der Waals surface area contributed by atoms with Gasteiger partial charge in [0.25, 0.3) is 0 Å². The summed E-state index contributed by atoms with van der Waals surface area (Å²) in [7, 11) is 0. The molecule has 1 amide bonds. The highest BCUT2D eigenvalue weighted by atomic mass is 19.1. The van der Waals surface area contributed by atoms with Gasteiger partial charge in [-0.05, 0) is 23.3 Å². The van der Waals surface area contributed by atoms with Crippen molar-refractivity contribution in [1.29, 1.82) is 0 Å². The van der Waals surface area contributed by atoms with Gasteiger partial charge in [-0.3, -0.25) is 4.79 Å². The first-order chi connectivity index (χ1) is 11.7. The Morgan fingerprint density at radius 2 is 1.75 bits per heavy atom. The molecule has 3 rings (SSSR count). The molecule has 2 aromatic carbocycles. The Morgan fingerprint density at radius 1 is 1.04 bits per heavy atom. The van der Waals surface area contributed by atoms with Gasteiger partial charge in [0.1, 0.15) is 5.82 Å². The lowest BCUT2D eigenvalue weighted by molar-refractivity contribution is -0.121. The SMILES string of the molecule is O=C(CC(c1ccccc1)c1ccc(F)cc1)NCc1ccno1. The minimum atomic E-state index is -0.291. The first kappa shape index (κ1) is 15.9. The van der Waals surface area contributed by atoms with E-state index in [4.69, 9.17) is 4.52 Å². The Hall–Kier alpha value is -2.95. The molecule has 1 atom stereocenters. The molecule has 0 aliphatic carbocycles. The molecule has 0 bridgehead atoms. The van der Waals surface area contributed by atoms with E-state index in [1.54, 1.807) is 18.2 Å². The summed E-state index contributed by atoms with van der Waals surface area (Å²) < 4.78 is 18.2. The Kier molecular flexibility index (Phi) is 5.01. The molecule has 1 unspecified atom stereocenters. The van der Waals surface area contributed by atoms with Crippen LogP contribution in [0.15, 0.2) is 71.4 Å². The van der Waals surface area contributed by atoms with Crippen LogP contribution in [0.4, 0.5) is 4.39 Å². The molecule has 1 N–H and O–H groups in total. The van der Waals surface area contributed by atoms with Gasteiger partial charge in [-0.15, -0.1) is 0 Å². The maximum Gasteiger partial charge on any atom is 0.221 e. The Labute approximate surface area is 139 Å². The van der Waals surface area contributed by atoms with E-state index >= 15 is 0 Å². The maximum absolute atomic E-state index is 13.2. The monoisotopic (exact) mass is 324 g/mol. The lowest BCUT2D eigenvalue weighted by Crippen LogP contribution is -2.24. The zero-order valence-electron chi connectivity index (χ0n) is 13.0. The van der Waals surface area contributed by atoms with Crippen molar-refractivity contribution in [3.63, 3.8) is 0 Å². The standard InChI is InChI=1S/C19H17FN2O2/c20-16-8-6-15(7-9-16)18(14-4-2-1-3-5-14)12-19(23)21-13-17-10-11-22-24-17/h1-11,18H,12-13H2,(H,21,23). The molecular weight excluding hydrogens is 307 g/mol. The zero-order valence-corrected chi connectivity index (χ0v) is 13.0. The van der Waals surface area contributed by atoms with Crippen molar-refractivity contribution in [2.24, 2.45) is 0 Å². The molecule has 0 fully saturated rings. The summed E-state index contributed by atoms with van der Waals surface area (Å²) in [5, 5.41) is 6.42. The second kappa shape index (κ2) is 7.55. The molecule has 0 saturated carbocycles. The average molecular weight is 324 g/mol. The van der Waals surface area contributed by atoms with Crippen LogP contribution in [-0.2, 0) is 11.3 Å². The van der Waals surface area contributed by atoms with Crippen LogP contribution in [0.1, 0.15) is 29.2 Å². The van der Waals surface area contributed by atoms with E-state index < -0.39 is 0 Å². The van der Waals surface area contributed by atoms with Crippen molar-refractivity contribution in [2.45, 2.75) is 18.9 Å². The molecule has 0 aliphatic rings. The Morgan fingerprint density at radius 3 is 2.42 bits per heavy atom. The number of benzene rings is 2. The Bertz CT molecular complexity index is 771. The fourth-order valence-corrected chi connectivity index (χ4v) is 2.59. The van der Waals surface area contributed by atoms with Gasteiger partial charge in [0, 0.05) is 18.4 Å². The normalized spacial score (nSPS) is 11.9. The van der Waals surface area contributed by atoms with Crippen LogP contribution in [0, 0.1) is 5.82 Å². The summed E-state index contributed by atoms with van der Waals surface area (Å²) >= 11 is 0. The van der Waals surface area contributed by atoms with Gasteiger partial charge in [0.2, 0.25) is 5.91 Å². The molecule has 24 heavy (non-hydrogen) atoms. The molecule has 1 aromatic heterocycles. The van der Waals surface area contributed by atoms with Crippen molar-refractivity contribution in [3.05, 3.63) is 89.6 Å². The van der Waals surface area contributed by atoms with Gasteiger partial charge in [-0.25, -0.2) is 4.39 Å². The maximum atomic E-state index is 13.2. The fraction of sp³-hybridized carbons (Fsp3) is 0.158. The zero-order chi connectivity index (χ0) is 16.8. The van der Waals surface area contributed by atoms with Crippen LogP contribution in [0.2, 0.25) is 0 Å². The Balaban J connectivity index is 1.74. The van der Waals surface area contributed by atoms with Gasteiger partial charge in [-0.2, -0.15) is 0 Å². The highest BCUT2D eigenvalue weighted by molar-refractivity contribution is 5.77. The van der Waals surface area contributed by atoms with E-state index in [1.807, 2.05) is 30.3 Å². The van der Waals surface area contributed by atoms with E-state index in [-0.39, 0.29) is 24.1 Å². The summed E-state index contributed by atoms with van der Waals surface area (Å²) in [6.45, 7) is 0.295. The van der Waals surface area contributed by atoms with Crippen LogP contribution in [0.5, 0.6) is 0 Å². The first-order valence-electron chi connectivity index (χ1n) is 7.69. The summed E-state index contributed by atoms with van der Waals surface area (Å²) in [6.07, 6.45) is 1.80. The molecular formula is C19H17FN2O2. The minimum Gasteiger partial charge on any atom is -0.360 e. The fourth-order valence-electron chi connectivity index (χ4n) is 2.59. The number of aromatic nitrogens is 1. The predicted molar refractivity (Wildman–Crippen MR) is 87.7 cm³/mol. The number of amides is 1. The number of hydrogen-bond donors (Lipinski definition) is 1. The van der Waals surface area contributed by atoms with Gasteiger partial charge < -0.3 is 9.84 Å². The second-order valence-electron chi connectivity index (χ2n) is 5.47. The van der Waals surface area contributed by atoms with E-state index in [0.717, 1.165) is 11.1 Å². The van der Waals surface area contributed by atoms with Gasteiger partial charge >= 0.3 is 0 Å². The molecule has 0 spiro atoms. The largest absolute Gasteiger partial charge is 0.360 e. The summed E-state index contributed by atoms with van der Waals surface area (Å²) in [4.78, 5) is 12.3. The lowest BCUT2D eigenvalue weighted by atomic mass is 9.88. The van der Waals surface area contributed by atoms with Crippen molar-refractivity contribution in [1.82, 2.24) is 10.5 Å². The summed E-state index contributed by atoms with van der Waals surface area (Å²) in [5.74, 6) is 0.0628. The van der Waals surface area contributed by atoms with Crippen LogP contribution in [-0.4, -0.2) is 11.1 Å². The van der Waals surface area contributed by atoms with Crippen molar-refractivity contribution in [2.75, 3.05) is 0 Å². The highest BCUT2D eigenvalue weighted by Gasteiger charge is 2.18. The third-order valence-corrected chi connectivity index (χ3v) is 3.81. The second-order valence-corrected chi connectivity index (χ2v) is 5.47. The van der Waals surface area contributed by atoms with Crippen molar-refractivity contribution in [3.8, 4) is 0 Å². The van der Waals surface area contributed by atoms with E-state index in [1.165, 1.54) is 18.3 Å². The van der Waals surface area contributed by atoms with Crippen LogP contribution < -0.4 is 5.32 Å². The van der Waals surface area contributed by atoms with Crippen LogP contribution in [0.3, 0.4) is 0 Å². The van der Waals surface area contributed by atoms with Crippen LogP contribution >= 0.6 is 0 Å². The number of nitrogens with zero attached hydrogens (tertiary/aromatic N) is 1. The molecule has 3 aromatic rings. The van der Waals surface area contributed by atoms with Crippen molar-refractivity contribution < 1.29 is 13.7 Å². The van der Waals surface area contributed by atoms with Crippen LogP contribution in [0.25, 0.3) is 0 Å². The van der Waals surface area contributed by atoms with Gasteiger partial charge in [-0.1, -0.05) is 47.6 Å². The van der Waals surface area contributed by atoms with Gasteiger partial charge in [0.05, 0.1) is 12.7 Å². The molecule has 122 valence electrons. The number of carbonyl (C=O) groups excluding carboxylic acids is 1. The predicted octanol–water partition coefficient (Wildman–Crippen LogP) is 3.65. The number of carbonyl (C=O) groups is 1. The number of rotatable bonds is 6. The molecule has 4 nitrogen and oxygen atoms in total. The molecule has 0 saturated heterocycles. The van der Waals surface area contributed by atoms with E-state index in [9.17, 15) is 9.18 Å². The average Bonchev–Trinajstić information content (AvgIpc) is 3.13. The number of hydrogen-bond acceptors (Lipinski definition) is 3. The first-order valence-corrected chi connectivity index (χ1v) is 7.69. The smallest absolute Gasteiger partial charge is 0.221 e. The number of nitrogens with one attached hydrogen (secondary N) is 1. The topological polar surface area (TPSA) is 55.1 Å². The highest BCUT2D eigenvalue weighted by Crippen LogP contribution is 2.28. The van der Waals surface area contributed by atoms with Crippen molar-refractivity contribution >= 4 is 5.91 Å². The molecule has 0 aliphatic heterocycles. The third-order valence-electron chi connectivity index (χ3n) is 3.81. The minimum absolute atomic E-state index is 0.107. The summed E-state index contributed by atoms with van der Waals surface area (Å²) in [5.41, 5.74) is 1.91. The van der Waals surface area contributed by atoms with E-state index in [2.05, 4.69) is 10.5 Å². The molecule has 1 heterocycles.